The summed E-state index contributed by atoms with van der Waals surface area (Å²) in [7, 11) is 1.81. The molecule has 0 unspecified atom stereocenters. The Morgan fingerprint density at radius 1 is 1.00 bits per heavy atom. The van der Waals surface area contributed by atoms with Gasteiger partial charge in [0.1, 0.15) is 0 Å². The Balaban J connectivity index is 2.02. The van der Waals surface area contributed by atoms with Crippen molar-refractivity contribution in [2.24, 2.45) is 5.73 Å². The molecule has 0 saturated heterocycles. The first-order valence-corrected chi connectivity index (χ1v) is 6.80. The molecule has 2 rings (SSSR count). The molecule has 0 aliphatic heterocycles. The molecule has 2 aromatic rings. The van der Waals surface area contributed by atoms with Crippen LogP contribution in [0.25, 0.3) is 0 Å². The van der Waals surface area contributed by atoms with E-state index in [-0.39, 0.29) is 5.91 Å². The summed E-state index contributed by atoms with van der Waals surface area (Å²) < 4.78 is 0. The lowest BCUT2D eigenvalue weighted by Gasteiger charge is -2.17. The average Bonchev–Trinajstić information content (AvgIpc) is 2.48. The molecule has 0 saturated carbocycles. The first-order chi connectivity index (χ1) is 9.70. The zero-order chi connectivity index (χ0) is 14.4. The Morgan fingerprint density at radius 2 is 1.65 bits per heavy atom. The quantitative estimate of drug-likeness (QED) is 0.905. The molecule has 2 aromatic carbocycles. The molecular weight excluding hydrogens is 248 g/mol. The van der Waals surface area contributed by atoms with Gasteiger partial charge in [0.15, 0.2) is 0 Å². The standard InChI is InChI=1S/C17H20N2O/c1-19(16-9-7-14(8-10-16)11-12-18)17(20)13-15-5-3-2-4-6-15/h2-10H,11-13,18H2,1H3. The van der Waals surface area contributed by atoms with Crippen LogP contribution in [-0.2, 0) is 17.6 Å². The zero-order valence-electron chi connectivity index (χ0n) is 11.8. The van der Waals surface area contributed by atoms with E-state index in [2.05, 4.69) is 0 Å². The highest BCUT2D eigenvalue weighted by Crippen LogP contribution is 2.15. The lowest BCUT2D eigenvalue weighted by Crippen LogP contribution is -2.27. The summed E-state index contributed by atoms with van der Waals surface area (Å²) >= 11 is 0. The van der Waals surface area contributed by atoms with Crippen molar-refractivity contribution in [3.8, 4) is 0 Å². The lowest BCUT2D eigenvalue weighted by atomic mass is 10.1. The van der Waals surface area contributed by atoms with Gasteiger partial charge in [-0.1, -0.05) is 42.5 Å². The third-order valence-electron chi connectivity index (χ3n) is 3.33. The molecule has 3 heteroatoms. The van der Waals surface area contributed by atoms with Gasteiger partial charge in [-0.15, -0.1) is 0 Å². The molecule has 20 heavy (non-hydrogen) atoms. The van der Waals surface area contributed by atoms with Gasteiger partial charge in [-0.3, -0.25) is 4.79 Å². The maximum absolute atomic E-state index is 12.2. The van der Waals surface area contributed by atoms with Gasteiger partial charge in [0.25, 0.3) is 0 Å². The summed E-state index contributed by atoms with van der Waals surface area (Å²) in [6.07, 6.45) is 1.28. The average molecular weight is 268 g/mol. The molecule has 104 valence electrons. The molecule has 0 aliphatic carbocycles. The molecular formula is C17H20N2O. The molecule has 0 radical (unpaired) electrons. The van der Waals surface area contributed by atoms with Gasteiger partial charge in [0.2, 0.25) is 5.91 Å². The predicted octanol–water partition coefficient (Wildman–Crippen LogP) is 2.39. The van der Waals surface area contributed by atoms with Crippen LogP contribution in [0.5, 0.6) is 0 Å². The van der Waals surface area contributed by atoms with E-state index in [0.29, 0.717) is 13.0 Å². The first-order valence-electron chi connectivity index (χ1n) is 6.80. The van der Waals surface area contributed by atoms with Gasteiger partial charge in [-0.25, -0.2) is 0 Å². The summed E-state index contributed by atoms with van der Waals surface area (Å²) in [6.45, 7) is 0.641. The maximum Gasteiger partial charge on any atom is 0.231 e. The van der Waals surface area contributed by atoms with Crippen molar-refractivity contribution in [2.45, 2.75) is 12.8 Å². The van der Waals surface area contributed by atoms with Crippen molar-refractivity contribution in [3.05, 3.63) is 65.7 Å². The molecule has 0 fully saturated rings. The SMILES string of the molecule is CN(C(=O)Cc1ccccc1)c1ccc(CCN)cc1. The summed E-state index contributed by atoms with van der Waals surface area (Å²) in [5, 5.41) is 0. The number of nitrogens with zero attached hydrogens (tertiary/aromatic N) is 1. The van der Waals surface area contributed by atoms with Crippen LogP contribution < -0.4 is 10.6 Å². The second-order valence-corrected chi connectivity index (χ2v) is 4.82. The minimum Gasteiger partial charge on any atom is -0.330 e. The third kappa shape index (κ3) is 3.68. The van der Waals surface area contributed by atoms with Crippen LogP contribution in [0.15, 0.2) is 54.6 Å². The van der Waals surface area contributed by atoms with Crippen LogP contribution in [0.2, 0.25) is 0 Å². The van der Waals surface area contributed by atoms with E-state index in [4.69, 9.17) is 5.73 Å². The smallest absolute Gasteiger partial charge is 0.231 e. The molecule has 0 aromatic heterocycles. The van der Waals surface area contributed by atoms with Crippen LogP contribution in [0.4, 0.5) is 5.69 Å². The minimum atomic E-state index is 0.0859. The van der Waals surface area contributed by atoms with E-state index in [1.54, 1.807) is 4.90 Å². The number of rotatable bonds is 5. The van der Waals surface area contributed by atoms with Crippen LogP contribution in [0.3, 0.4) is 0 Å². The summed E-state index contributed by atoms with van der Waals surface area (Å²) in [6, 6.07) is 17.8. The third-order valence-corrected chi connectivity index (χ3v) is 3.33. The second kappa shape index (κ2) is 6.87. The fourth-order valence-corrected chi connectivity index (χ4v) is 2.09. The molecule has 2 N–H and O–H groups in total. The molecule has 0 atom stereocenters. The first kappa shape index (κ1) is 14.3. The highest BCUT2D eigenvalue weighted by Gasteiger charge is 2.11. The number of anilines is 1. The predicted molar refractivity (Wildman–Crippen MR) is 82.8 cm³/mol. The highest BCUT2D eigenvalue weighted by atomic mass is 16.2. The fourth-order valence-electron chi connectivity index (χ4n) is 2.09. The molecule has 0 bridgehead atoms. The fraction of sp³-hybridized carbons (Fsp3) is 0.235. The van der Waals surface area contributed by atoms with Gasteiger partial charge in [0, 0.05) is 12.7 Å². The number of benzene rings is 2. The summed E-state index contributed by atoms with van der Waals surface area (Å²) in [5.41, 5.74) is 8.66. The van der Waals surface area contributed by atoms with Crippen LogP contribution >= 0.6 is 0 Å². The molecule has 0 heterocycles. The van der Waals surface area contributed by atoms with Crippen LogP contribution in [0, 0.1) is 0 Å². The number of likely N-dealkylation sites (N-methyl/N-ethyl adjacent to an activating group) is 1. The monoisotopic (exact) mass is 268 g/mol. The van der Waals surface area contributed by atoms with Crippen molar-refractivity contribution >= 4 is 11.6 Å². The number of carbonyl (C=O) groups excluding carboxylic acids is 1. The van der Waals surface area contributed by atoms with Gasteiger partial charge in [-0.05, 0) is 36.2 Å². The summed E-state index contributed by atoms with van der Waals surface area (Å²) in [5.74, 6) is 0.0859. The van der Waals surface area contributed by atoms with Crippen LogP contribution in [-0.4, -0.2) is 19.5 Å². The van der Waals surface area contributed by atoms with Gasteiger partial charge in [-0.2, -0.15) is 0 Å². The maximum atomic E-state index is 12.2. The molecule has 0 spiro atoms. The minimum absolute atomic E-state index is 0.0859. The number of amides is 1. The van der Waals surface area contributed by atoms with Gasteiger partial charge in [0.05, 0.1) is 6.42 Å². The topological polar surface area (TPSA) is 46.3 Å². The molecule has 3 nitrogen and oxygen atoms in total. The van der Waals surface area contributed by atoms with Crippen molar-refractivity contribution in [1.29, 1.82) is 0 Å². The Kier molecular flexibility index (Phi) is 4.91. The van der Waals surface area contributed by atoms with E-state index >= 15 is 0 Å². The Morgan fingerprint density at radius 3 is 2.25 bits per heavy atom. The number of hydrogen-bond acceptors (Lipinski definition) is 2. The van der Waals surface area contributed by atoms with Crippen molar-refractivity contribution in [2.75, 3.05) is 18.5 Å². The van der Waals surface area contributed by atoms with Gasteiger partial charge < -0.3 is 10.6 Å². The lowest BCUT2D eigenvalue weighted by molar-refractivity contribution is -0.117. The number of hydrogen-bond donors (Lipinski definition) is 1. The Labute approximate surface area is 120 Å². The van der Waals surface area contributed by atoms with Gasteiger partial charge >= 0.3 is 0 Å². The van der Waals surface area contributed by atoms with E-state index < -0.39 is 0 Å². The van der Waals surface area contributed by atoms with E-state index in [1.807, 2.05) is 61.6 Å². The van der Waals surface area contributed by atoms with Crippen LogP contribution in [0.1, 0.15) is 11.1 Å². The number of carbonyl (C=O) groups is 1. The van der Waals surface area contributed by atoms with E-state index in [9.17, 15) is 4.79 Å². The Hall–Kier alpha value is -2.13. The molecule has 0 aliphatic rings. The Bertz CT molecular complexity index is 549. The summed E-state index contributed by atoms with van der Waals surface area (Å²) in [4.78, 5) is 13.9. The van der Waals surface area contributed by atoms with E-state index in [1.165, 1.54) is 5.56 Å². The normalized spacial score (nSPS) is 10.3. The highest BCUT2D eigenvalue weighted by molar-refractivity contribution is 5.94. The van der Waals surface area contributed by atoms with Crippen molar-refractivity contribution in [3.63, 3.8) is 0 Å². The zero-order valence-corrected chi connectivity index (χ0v) is 11.8. The van der Waals surface area contributed by atoms with Crippen molar-refractivity contribution in [1.82, 2.24) is 0 Å². The van der Waals surface area contributed by atoms with E-state index in [0.717, 1.165) is 17.7 Å². The van der Waals surface area contributed by atoms with Crippen molar-refractivity contribution < 1.29 is 4.79 Å². The number of nitrogens with two attached hydrogens (primary N) is 1. The molecule has 1 amide bonds. The largest absolute Gasteiger partial charge is 0.330 e. The second-order valence-electron chi connectivity index (χ2n) is 4.82.